The van der Waals surface area contributed by atoms with Crippen molar-refractivity contribution in [1.29, 1.82) is 5.26 Å². The molecule has 10 heteroatoms. The molecule has 5 rings (SSSR count). The van der Waals surface area contributed by atoms with Gasteiger partial charge in [0.2, 0.25) is 0 Å². The first kappa shape index (κ1) is 21.3. The third kappa shape index (κ3) is 3.78. The van der Waals surface area contributed by atoms with Crippen LogP contribution in [0.1, 0.15) is 45.2 Å². The van der Waals surface area contributed by atoms with Gasteiger partial charge < -0.3 is 15.3 Å². The molecule has 3 aromatic rings. The van der Waals surface area contributed by atoms with Gasteiger partial charge in [-0.3, -0.25) is 0 Å². The zero-order valence-corrected chi connectivity index (χ0v) is 18.7. The van der Waals surface area contributed by atoms with Crippen LogP contribution in [-0.4, -0.2) is 54.2 Å². The topological polar surface area (TPSA) is 116 Å². The lowest BCUT2D eigenvalue weighted by atomic mass is 9.84. The van der Waals surface area contributed by atoms with E-state index in [0.29, 0.717) is 23.1 Å². The van der Waals surface area contributed by atoms with Crippen LogP contribution in [0.25, 0.3) is 17.1 Å². The minimum Gasteiger partial charge on any atom is -0.507 e. The summed E-state index contributed by atoms with van der Waals surface area (Å²) in [5, 5.41) is 35.7. The number of halogens is 1. The molecule has 9 nitrogen and oxygen atoms in total. The number of phenolic OH excluding ortho intramolecular Hbond substituents is 1. The van der Waals surface area contributed by atoms with Crippen LogP contribution in [0.2, 0.25) is 0 Å². The van der Waals surface area contributed by atoms with Gasteiger partial charge >= 0.3 is 0 Å². The fourth-order valence-corrected chi connectivity index (χ4v) is 5.25. The van der Waals surface area contributed by atoms with Crippen molar-refractivity contribution >= 4 is 5.82 Å². The van der Waals surface area contributed by atoms with Crippen LogP contribution in [0.5, 0.6) is 5.75 Å². The van der Waals surface area contributed by atoms with Crippen molar-refractivity contribution in [1.82, 2.24) is 30.3 Å². The summed E-state index contributed by atoms with van der Waals surface area (Å²) in [6, 6.07) is 6.69. The Labute approximate surface area is 190 Å². The van der Waals surface area contributed by atoms with E-state index in [9.17, 15) is 9.50 Å². The van der Waals surface area contributed by atoms with Crippen molar-refractivity contribution in [2.45, 2.75) is 56.7 Å². The van der Waals surface area contributed by atoms with Gasteiger partial charge in [-0.1, -0.05) is 0 Å². The van der Waals surface area contributed by atoms with Gasteiger partial charge in [-0.15, -0.1) is 10.2 Å². The highest BCUT2D eigenvalue weighted by atomic mass is 19.1. The van der Waals surface area contributed by atoms with E-state index in [4.69, 9.17) is 5.26 Å². The molecule has 2 saturated heterocycles. The van der Waals surface area contributed by atoms with E-state index in [-0.39, 0.29) is 28.3 Å². The molecule has 2 fully saturated rings. The maximum absolute atomic E-state index is 13.7. The first-order chi connectivity index (χ1) is 15.7. The predicted octanol–water partition coefficient (Wildman–Crippen LogP) is 2.94. The van der Waals surface area contributed by atoms with Crippen molar-refractivity contribution in [2.24, 2.45) is 0 Å². The molecule has 2 aliphatic heterocycles. The number of aromatic hydroxyl groups is 1. The number of nitrogens with one attached hydrogen (secondary N) is 1. The minimum atomic E-state index is -0.724. The Hall–Kier alpha value is -3.58. The Morgan fingerprint density at radius 2 is 1.97 bits per heavy atom. The summed E-state index contributed by atoms with van der Waals surface area (Å²) in [5.74, 6) is 0.146. The average molecular weight is 449 g/mol. The lowest BCUT2D eigenvalue weighted by Gasteiger charge is -2.45. The van der Waals surface area contributed by atoms with E-state index in [1.807, 2.05) is 7.05 Å². The van der Waals surface area contributed by atoms with E-state index in [0.717, 1.165) is 19.0 Å². The van der Waals surface area contributed by atoms with Crippen LogP contribution in [-0.2, 0) is 0 Å². The van der Waals surface area contributed by atoms with Crippen LogP contribution in [0.4, 0.5) is 10.2 Å². The third-order valence-electron chi connectivity index (χ3n) is 6.93. The van der Waals surface area contributed by atoms with Gasteiger partial charge in [0.05, 0.1) is 23.6 Å². The molecule has 3 atom stereocenters. The number of hydrogen-bond donors (Lipinski definition) is 2. The number of hydrogen-bond acceptors (Lipinski definition) is 8. The molecule has 33 heavy (non-hydrogen) atoms. The second-order valence-electron chi connectivity index (χ2n) is 9.64. The summed E-state index contributed by atoms with van der Waals surface area (Å²) in [6.45, 7) is 4.58. The summed E-state index contributed by atoms with van der Waals surface area (Å²) in [6.07, 6.45) is 7.18. The summed E-state index contributed by atoms with van der Waals surface area (Å²) in [7, 11) is 2.03. The van der Waals surface area contributed by atoms with Crippen molar-refractivity contribution < 1.29 is 9.50 Å². The molecule has 0 radical (unpaired) electrons. The second kappa shape index (κ2) is 7.49. The van der Waals surface area contributed by atoms with Gasteiger partial charge in [0.15, 0.2) is 23.2 Å². The largest absolute Gasteiger partial charge is 0.507 e. The third-order valence-corrected chi connectivity index (χ3v) is 6.93. The summed E-state index contributed by atoms with van der Waals surface area (Å²) >= 11 is 0. The predicted molar refractivity (Wildman–Crippen MR) is 119 cm³/mol. The number of fused-ring (bicyclic) bond motifs is 2. The van der Waals surface area contributed by atoms with Crippen molar-refractivity contribution in [2.75, 3.05) is 11.9 Å². The Balaban J connectivity index is 1.36. The zero-order valence-electron chi connectivity index (χ0n) is 18.7. The molecular formula is C23H25FN8O. The molecule has 0 amide bonds. The second-order valence-corrected chi connectivity index (χ2v) is 9.64. The molecule has 0 saturated carbocycles. The number of rotatable bonds is 4. The molecular weight excluding hydrogens is 423 g/mol. The lowest BCUT2D eigenvalue weighted by Crippen LogP contribution is -2.58. The Morgan fingerprint density at radius 3 is 2.55 bits per heavy atom. The van der Waals surface area contributed by atoms with Crippen LogP contribution in [0.15, 0.2) is 30.6 Å². The molecule has 2 N–H and O–H groups in total. The highest BCUT2D eigenvalue weighted by Gasteiger charge is 2.49. The molecule has 2 bridgehead atoms. The smallest absolute Gasteiger partial charge is 0.198 e. The lowest BCUT2D eigenvalue weighted by molar-refractivity contribution is 0.207. The summed E-state index contributed by atoms with van der Waals surface area (Å²) < 4.78 is 14.9. The maximum Gasteiger partial charge on any atom is 0.198 e. The van der Waals surface area contributed by atoms with Crippen LogP contribution in [0, 0.1) is 17.1 Å². The highest BCUT2D eigenvalue weighted by molar-refractivity contribution is 5.66. The highest BCUT2D eigenvalue weighted by Crippen LogP contribution is 2.43. The zero-order chi connectivity index (χ0) is 23.4. The first-order valence-electron chi connectivity index (χ1n) is 10.9. The summed E-state index contributed by atoms with van der Waals surface area (Å²) in [4.78, 5) is 6.58. The van der Waals surface area contributed by atoms with E-state index in [1.165, 1.54) is 23.6 Å². The van der Waals surface area contributed by atoms with E-state index in [2.05, 4.69) is 44.3 Å². The molecule has 170 valence electrons. The Kier molecular flexibility index (Phi) is 4.83. The number of aromatic nitrogens is 5. The maximum atomic E-state index is 13.7. The van der Waals surface area contributed by atoms with Gasteiger partial charge in [0.25, 0.3) is 0 Å². The Bertz CT molecular complexity index is 1230. The number of benzene rings is 1. The van der Waals surface area contributed by atoms with Gasteiger partial charge in [-0.05, 0) is 51.7 Å². The van der Waals surface area contributed by atoms with Crippen LogP contribution < -0.4 is 10.2 Å². The fraction of sp³-hybridized carbons (Fsp3) is 0.435. The van der Waals surface area contributed by atoms with Crippen molar-refractivity contribution in [3.05, 3.63) is 42.1 Å². The summed E-state index contributed by atoms with van der Waals surface area (Å²) in [5.41, 5.74) is 0.782. The quantitative estimate of drug-likeness (QED) is 0.626. The van der Waals surface area contributed by atoms with Crippen molar-refractivity contribution in [3.63, 3.8) is 0 Å². The minimum absolute atomic E-state index is 0.0967. The molecule has 0 spiro atoms. The van der Waals surface area contributed by atoms with E-state index in [1.54, 1.807) is 24.4 Å². The molecule has 2 aliphatic rings. The average Bonchev–Trinajstić information content (AvgIpc) is 3.28. The standard InChI is InChI=1S/C23H25FN8O/c1-22-6-7-23(2,30-22)10-15(9-22)31(3)20-12-26-21(28-27-20)16-5-4-14(8-19(16)33)32-13-17(24)18(11-25)29-32/h4-5,8,12-13,15,30,33H,6-7,9-10H2,1-3H3/t15?,22-,23+. The van der Waals surface area contributed by atoms with Gasteiger partial charge in [-0.25, -0.2) is 14.1 Å². The number of nitriles is 1. The van der Waals surface area contributed by atoms with Crippen LogP contribution >= 0.6 is 0 Å². The molecule has 1 aromatic carbocycles. The molecule has 1 unspecified atom stereocenters. The van der Waals surface area contributed by atoms with Gasteiger partial charge in [0.1, 0.15) is 11.8 Å². The first-order valence-corrected chi connectivity index (χ1v) is 10.9. The number of nitrogens with zero attached hydrogens (tertiary/aromatic N) is 7. The monoisotopic (exact) mass is 448 g/mol. The number of phenols is 1. The molecule has 0 aliphatic carbocycles. The SMILES string of the molecule is CN(c1cnc(-c2ccc(-n3cc(F)c(C#N)n3)cc2O)nn1)C1C[C@]2(C)CC[C@](C)(C1)N2. The van der Waals surface area contributed by atoms with E-state index >= 15 is 0 Å². The molecule has 4 heterocycles. The number of anilines is 1. The van der Waals surface area contributed by atoms with Gasteiger partial charge in [0, 0.05) is 30.2 Å². The number of piperidine rings is 1. The fourth-order valence-electron chi connectivity index (χ4n) is 5.25. The Morgan fingerprint density at radius 1 is 1.24 bits per heavy atom. The van der Waals surface area contributed by atoms with Gasteiger partial charge in [-0.2, -0.15) is 10.4 Å². The van der Waals surface area contributed by atoms with Crippen LogP contribution in [0.3, 0.4) is 0 Å². The van der Waals surface area contributed by atoms with E-state index < -0.39 is 5.82 Å². The van der Waals surface area contributed by atoms with Crippen molar-refractivity contribution in [3.8, 4) is 28.9 Å². The molecule has 2 aromatic heterocycles. The normalized spacial score (nSPS) is 26.2.